The Balaban J connectivity index is 2.55. The lowest BCUT2D eigenvalue weighted by Crippen LogP contribution is -2.16. The predicted octanol–water partition coefficient (Wildman–Crippen LogP) is 1.44. The normalized spacial score (nSPS) is 9.86. The van der Waals surface area contributed by atoms with Crippen molar-refractivity contribution in [2.75, 3.05) is 11.9 Å². The number of anilines is 1. The number of amides is 1. The number of nitrogens with two attached hydrogens (primary N) is 1. The fourth-order valence-corrected chi connectivity index (χ4v) is 1.57. The standard InChI is InChI=1S/C9H12BrN3O/c1-6-4-7(10)9(13-5-6)12-3-2-8(11)14/h4-5H,2-3H2,1H3,(H2,11,14)(H,12,13). The van der Waals surface area contributed by atoms with Gasteiger partial charge >= 0.3 is 0 Å². The Labute approximate surface area is 91.0 Å². The third kappa shape index (κ3) is 3.33. The van der Waals surface area contributed by atoms with Crippen molar-refractivity contribution in [2.45, 2.75) is 13.3 Å². The topological polar surface area (TPSA) is 68.0 Å². The molecule has 1 amide bonds. The lowest BCUT2D eigenvalue weighted by molar-refractivity contribution is -0.117. The van der Waals surface area contributed by atoms with Crippen molar-refractivity contribution in [3.05, 3.63) is 22.3 Å². The van der Waals surface area contributed by atoms with Crippen LogP contribution in [0.3, 0.4) is 0 Å². The van der Waals surface area contributed by atoms with Crippen molar-refractivity contribution in [3.63, 3.8) is 0 Å². The fourth-order valence-electron chi connectivity index (χ4n) is 0.968. The van der Waals surface area contributed by atoms with Gasteiger partial charge in [-0.05, 0) is 34.5 Å². The summed E-state index contributed by atoms with van der Waals surface area (Å²) in [5.41, 5.74) is 6.09. The lowest BCUT2D eigenvalue weighted by Gasteiger charge is -2.06. The zero-order valence-electron chi connectivity index (χ0n) is 7.88. The Morgan fingerprint density at radius 3 is 3.00 bits per heavy atom. The third-order valence-corrected chi connectivity index (χ3v) is 2.25. The van der Waals surface area contributed by atoms with Crippen molar-refractivity contribution in [3.8, 4) is 0 Å². The van der Waals surface area contributed by atoms with Gasteiger partial charge in [-0.3, -0.25) is 4.79 Å². The van der Waals surface area contributed by atoms with Crippen molar-refractivity contribution >= 4 is 27.7 Å². The van der Waals surface area contributed by atoms with Crippen molar-refractivity contribution in [1.29, 1.82) is 0 Å². The first-order valence-electron chi connectivity index (χ1n) is 4.24. The highest BCUT2D eigenvalue weighted by Crippen LogP contribution is 2.20. The lowest BCUT2D eigenvalue weighted by atomic mass is 10.3. The molecule has 1 rings (SSSR count). The molecule has 0 fully saturated rings. The van der Waals surface area contributed by atoms with Crippen LogP contribution < -0.4 is 11.1 Å². The zero-order valence-corrected chi connectivity index (χ0v) is 9.47. The molecule has 5 heteroatoms. The number of carbonyl (C=O) groups excluding carboxylic acids is 1. The first kappa shape index (κ1) is 11.0. The second kappa shape index (κ2) is 4.95. The number of aryl methyl sites for hydroxylation is 1. The van der Waals surface area contributed by atoms with Crippen LogP contribution in [0.2, 0.25) is 0 Å². The molecule has 1 aromatic rings. The molecule has 14 heavy (non-hydrogen) atoms. The van der Waals surface area contributed by atoms with E-state index in [1.54, 1.807) is 6.20 Å². The summed E-state index contributed by atoms with van der Waals surface area (Å²) < 4.78 is 0.891. The van der Waals surface area contributed by atoms with Crippen LogP contribution >= 0.6 is 15.9 Å². The largest absolute Gasteiger partial charge is 0.370 e. The summed E-state index contributed by atoms with van der Waals surface area (Å²) in [5.74, 6) is 0.414. The molecule has 0 spiro atoms. The van der Waals surface area contributed by atoms with Gasteiger partial charge in [0.15, 0.2) is 0 Å². The summed E-state index contributed by atoms with van der Waals surface area (Å²) in [6, 6.07) is 1.96. The SMILES string of the molecule is Cc1cnc(NCCC(N)=O)c(Br)c1. The quantitative estimate of drug-likeness (QED) is 0.858. The van der Waals surface area contributed by atoms with Crippen LogP contribution in [0.1, 0.15) is 12.0 Å². The highest BCUT2D eigenvalue weighted by atomic mass is 79.9. The number of aromatic nitrogens is 1. The van der Waals surface area contributed by atoms with Crippen LogP contribution in [-0.2, 0) is 4.79 Å². The van der Waals surface area contributed by atoms with Crippen molar-refractivity contribution in [1.82, 2.24) is 4.98 Å². The Bertz CT molecular complexity index is 341. The highest BCUT2D eigenvalue weighted by Gasteiger charge is 2.01. The van der Waals surface area contributed by atoms with E-state index in [4.69, 9.17) is 5.73 Å². The minimum Gasteiger partial charge on any atom is -0.370 e. The second-order valence-corrected chi connectivity index (χ2v) is 3.84. The van der Waals surface area contributed by atoms with Crippen LogP contribution in [0.4, 0.5) is 5.82 Å². The van der Waals surface area contributed by atoms with E-state index in [1.807, 2.05) is 13.0 Å². The molecule has 0 unspecified atom stereocenters. The van der Waals surface area contributed by atoms with Crippen LogP contribution in [0.25, 0.3) is 0 Å². The first-order chi connectivity index (χ1) is 6.59. The maximum atomic E-state index is 10.5. The molecule has 0 bridgehead atoms. The van der Waals surface area contributed by atoms with E-state index in [0.717, 1.165) is 15.9 Å². The molecule has 0 radical (unpaired) electrons. The molecule has 0 aromatic carbocycles. The molecule has 0 aliphatic rings. The van der Waals surface area contributed by atoms with Gasteiger partial charge in [-0.15, -0.1) is 0 Å². The maximum absolute atomic E-state index is 10.5. The highest BCUT2D eigenvalue weighted by molar-refractivity contribution is 9.10. The van der Waals surface area contributed by atoms with E-state index in [9.17, 15) is 4.79 Å². The van der Waals surface area contributed by atoms with Gasteiger partial charge in [0.1, 0.15) is 5.82 Å². The number of hydrogen-bond acceptors (Lipinski definition) is 3. The summed E-state index contributed by atoms with van der Waals surface area (Å²) in [6.45, 7) is 2.47. The van der Waals surface area contributed by atoms with E-state index in [2.05, 4.69) is 26.2 Å². The minimum atomic E-state index is -0.319. The maximum Gasteiger partial charge on any atom is 0.219 e. The number of hydrogen-bond donors (Lipinski definition) is 2. The number of carbonyl (C=O) groups is 1. The van der Waals surface area contributed by atoms with Gasteiger partial charge in [-0.1, -0.05) is 0 Å². The minimum absolute atomic E-state index is 0.308. The number of rotatable bonds is 4. The van der Waals surface area contributed by atoms with E-state index in [1.165, 1.54) is 0 Å². The summed E-state index contributed by atoms with van der Waals surface area (Å²) >= 11 is 3.37. The van der Waals surface area contributed by atoms with E-state index in [0.29, 0.717) is 13.0 Å². The van der Waals surface area contributed by atoms with Gasteiger partial charge in [-0.2, -0.15) is 0 Å². The molecular formula is C9H12BrN3O. The summed E-state index contributed by atoms with van der Waals surface area (Å²) in [7, 11) is 0. The molecule has 3 N–H and O–H groups in total. The average Bonchev–Trinajstić information content (AvgIpc) is 2.08. The molecule has 0 aliphatic heterocycles. The monoisotopic (exact) mass is 257 g/mol. The number of pyridine rings is 1. The number of nitrogens with one attached hydrogen (secondary N) is 1. The van der Waals surface area contributed by atoms with E-state index in [-0.39, 0.29) is 5.91 Å². The summed E-state index contributed by atoms with van der Waals surface area (Å²) in [5, 5.41) is 3.01. The number of halogens is 1. The summed E-state index contributed by atoms with van der Waals surface area (Å²) in [4.78, 5) is 14.6. The molecular weight excluding hydrogens is 246 g/mol. The van der Waals surface area contributed by atoms with Crippen molar-refractivity contribution < 1.29 is 4.79 Å². The van der Waals surface area contributed by atoms with Crippen molar-refractivity contribution in [2.24, 2.45) is 5.73 Å². The van der Waals surface area contributed by atoms with Crippen LogP contribution in [-0.4, -0.2) is 17.4 Å². The Morgan fingerprint density at radius 1 is 1.71 bits per heavy atom. The number of nitrogens with zero attached hydrogens (tertiary/aromatic N) is 1. The van der Waals surface area contributed by atoms with Gasteiger partial charge in [0, 0.05) is 19.2 Å². The molecule has 1 heterocycles. The fraction of sp³-hybridized carbons (Fsp3) is 0.333. The number of primary amides is 1. The smallest absolute Gasteiger partial charge is 0.219 e. The van der Waals surface area contributed by atoms with E-state index < -0.39 is 0 Å². The van der Waals surface area contributed by atoms with Crippen LogP contribution in [0, 0.1) is 6.92 Å². The molecule has 0 aliphatic carbocycles. The molecule has 0 atom stereocenters. The van der Waals surface area contributed by atoms with Gasteiger partial charge in [0.2, 0.25) is 5.91 Å². The zero-order chi connectivity index (χ0) is 10.6. The first-order valence-corrected chi connectivity index (χ1v) is 5.03. The molecule has 0 saturated heterocycles. The molecule has 4 nitrogen and oxygen atoms in total. The summed E-state index contributed by atoms with van der Waals surface area (Å²) in [6.07, 6.45) is 2.07. The molecule has 76 valence electrons. The predicted molar refractivity (Wildman–Crippen MR) is 59.0 cm³/mol. The Hall–Kier alpha value is -1.10. The van der Waals surface area contributed by atoms with E-state index >= 15 is 0 Å². The molecule has 1 aromatic heterocycles. The average molecular weight is 258 g/mol. The molecule has 0 saturated carbocycles. The van der Waals surface area contributed by atoms with Gasteiger partial charge in [-0.25, -0.2) is 4.98 Å². The van der Waals surface area contributed by atoms with Crippen LogP contribution in [0.5, 0.6) is 0 Å². The third-order valence-electron chi connectivity index (χ3n) is 1.64. The van der Waals surface area contributed by atoms with Crippen LogP contribution in [0.15, 0.2) is 16.7 Å². The Kier molecular flexibility index (Phi) is 3.88. The second-order valence-electron chi connectivity index (χ2n) is 2.99. The van der Waals surface area contributed by atoms with Gasteiger partial charge < -0.3 is 11.1 Å². The van der Waals surface area contributed by atoms with Gasteiger partial charge in [0.05, 0.1) is 4.47 Å². The Morgan fingerprint density at radius 2 is 2.43 bits per heavy atom. The van der Waals surface area contributed by atoms with Gasteiger partial charge in [0.25, 0.3) is 0 Å².